The van der Waals surface area contributed by atoms with E-state index in [-0.39, 0.29) is 0 Å². The molecule has 17 heavy (non-hydrogen) atoms. The smallest absolute Gasteiger partial charge is 0.162 e. The summed E-state index contributed by atoms with van der Waals surface area (Å²) < 4.78 is 0. The van der Waals surface area contributed by atoms with Gasteiger partial charge in [0.25, 0.3) is 0 Å². The van der Waals surface area contributed by atoms with E-state index < -0.39 is 0 Å². The maximum absolute atomic E-state index is 12.1. The molecular formula is C16H20O. The van der Waals surface area contributed by atoms with Crippen molar-refractivity contribution in [1.29, 1.82) is 0 Å². The lowest BCUT2D eigenvalue weighted by Gasteiger charge is -2.12. The molecule has 0 bridgehead atoms. The van der Waals surface area contributed by atoms with Gasteiger partial charge in [-0.25, -0.2) is 0 Å². The number of hydrogen-bond acceptors (Lipinski definition) is 1. The first kappa shape index (κ1) is 12.1. The van der Waals surface area contributed by atoms with E-state index in [2.05, 4.69) is 38.1 Å². The van der Waals surface area contributed by atoms with E-state index in [4.69, 9.17) is 0 Å². The normalized spacial score (nSPS) is 15.5. The van der Waals surface area contributed by atoms with Gasteiger partial charge in [0.15, 0.2) is 5.78 Å². The van der Waals surface area contributed by atoms with Crippen molar-refractivity contribution in [3.63, 3.8) is 0 Å². The molecule has 0 N–H and O–H groups in total. The van der Waals surface area contributed by atoms with Crippen LogP contribution in [-0.2, 0) is 11.2 Å². The molecule has 0 aromatic heterocycles. The van der Waals surface area contributed by atoms with Gasteiger partial charge < -0.3 is 0 Å². The van der Waals surface area contributed by atoms with Crippen molar-refractivity contribution in [2.75, 3.05) is 0 Å². The zero-order valence-electron chi connectivity index (χ0n) is 10.8. The molecule has 0 amide bonds. The molecule has 0 radical (unpaired) electrons. The van der Waals surface area contributed by atoms with Crippen LogP contribution < -0.4 is 0 Å². The Balaban J connectivity index is 2.07. The second-order valence-electron chi connectivity index (χ2n) is 4.99. The van der Waals surface area contributed by atoms with Crippen LogP contribution in [0, 0.1) is 13.8 Å². The zero-order chi connectivity index (χ0) is 12.3. The number of benzene rings is 1. The zero-order valence-corrected chi connectivity index (χ0v) is 10.8. The van der Waals surface area contributed by atoms with Crippen molar-refractivity contribution in [1.82, 2.24) is 0 Å². The lowest BCUT2D eigenvalue weighted by atomic mass is 9.92. The molecule has 1 aromatic carbocycles. The molecule has 1 aromatic rings. The van der Waals surface area contributed by atoms with Gasteiger partial charge in [0.1, 0.15) is 0 Å². The van der Waals surface area contributed by atoms with Gasteiger partial charge >= 0.3 is 0 Å². The molecule has 0 saturated carbocycles. The van der Waals surface area contributed by atoms with Crippen molar-refractivity contribution in [2.24, 2.45) is 0 Å². The van der Waals surface area contributed by atoms with E-state index in [0.29, 0.717) is 12.2 Å². The van der Waals surface area contributed by atoms with E-state index in [1.807, 2.05) is 0 Å². The molecule has 0 heterocycles. The van der Waals surface area contributed by atoms with Crippen LogP contribution in [0.5, 0.6) is 0 Å². The summed E-state index contributed by atoms with van der Waals surface area (Å²) in [6, 6.07) is 6.31. The third-order valence-corrected chi connectivity index (χ3v) is 3.59. The predicted molar refractivity (Wildman–Crippen MR) is 71.2 cm³/mol. The Morgan fingerprint density at radius 3 is 2.65 bits per heavy atom. The Kier molecular flexibility index (Phi) is 3.78. The number of carbonyl (C=O) groups is 1. The van der Waals surface area contributed by atoms with E-state index >= 15 is 0 Å². The van der Waals surface area contributed by atoms with Crippen LogP contribution in [0.2, 0.25) is 0 Å². The lowest BCUT2D eigenvalue weighted by molar-refractivity contribution is -0.115. The molecule has 0 saturated heterocycles. The maximum Gasteiger partial charge on any atom is 0.162 e. The van der Waals surface area contributed by atoms with Crippen molar-refractivity contribution < 1.29 is 4.79 Å². The fourth-order valence-corrected chi connectivity index (χ4v) is 2.30. The van der Waals surface area contributed by atoms with E-state index in [0.717, 1.165) is 24.0 Å². The van der Waals surface area contributed by atoms with Crippen molar-refractivity contribution in [3.8, 4) is 0 Å². The molecule has 0 spiro atoms. The summed E-state index contributed by atoms with van der Waals surface area (Å²) in [4.78, 5) is 12.1. The maximum atomic E-state index is 12.1. The third-order valence-electron chi connectivity index (χ3n) is 3.59. The van der Waals surface area contributed by atoms with Crippen LogP contribution >= 0.6 is 0 Å². The summed E-state index contributed by atoms with van der Waals surface area (Å²) in [5.41, 5.74) is 4.75. The third kappa shape index (κ3) is 3.06. The number of carbonyl (C=O) groups excluding carboxylic acids is 1. The van der Waals surface area contributed by atoms with Crippen LogP contribution in [0.15, 0.2) is 29.8 Å². The number of rotatable bonds is 3. The summed E-state index contributed by atoms with van der Waals surface area (Å²) in [6.45, 7) is 4.20. The highest BCUT2D eigenvalue weighted by Crippen LogP contribution is 2.20. The Morgan fingerprint density at radius 2 is 2.00 bits per heavy atom. The fourth-order valence-electron chi connectivity index (χ4n) is 2.30. The van der Waals surface area contributed by atoms with Crippen LogP contribution in [0.25, 0.3) is 0 Å². The van der Waals surface area contributed by atoms with Crippen molar-refractivity contribution in [2.45, 2.75) is 46.0 Å². The van der Waals surface area contributed by atoms with Crippen molar-refractivity contribution in [3.05, 3.63) is 46.5 Å². The number of aryl methyl sites for hydroxylation is 2. The standard InChI is InChI=1S/C16H20O/c1-12-8-9-14(10-13(12)2)11-16(17)15-6-4-3-5-7-15/h6,8-10H,3-5,7,11H2,1-2H3. The largest absolute Gasteiger partial charge is 0.294 e. The molecule has 1 heteroatoms. The molecule has 0 atom stereocenters. The minimum absolute atomic E-state index is 0.313. The Morgan fingerprint density at radius 1 is 1.18 bits per heavy atom. The number of hydrogen-bond donors (Lipinski definition) is 0. The summed E-state index contributed by atoms with van der Waals surface area (Å²) >= 11 is 0. The molecule has 1 nitrogen and oxygen atoms in total. The fraction of sp³-hybridized carbons (Fsp3) is 0.438. The minimum Gasteiger partial charge on any atom is -0.294 e. The second-order valence-corrected chi connectivity index (χ2v) is 4.99. The summed E-state index contributed by atoms with van der Waals surface area (Å²) in [7, 11) is 0. The highest BCUT2D eigenvalue weighted by molar-refractivity contribution is 5.96. The molecular weight excluding hydrogens is 208 g/mol. The van der Waals surface area contributed by atoms with Gasteiger partial charge in [-0.3, -0.25) is 4.79 Å². The number of allylic oxidation sites excluding steroid dienone is 2. The molecule has 2 rings (SSSR count). The minimum atomic E-state index is 0.313. The van der Waals surface area contributed by atoms with Gasteiger partial charge in [0.2, 0.25) is 0 Å². The van der Waals surface area contributed by atoms with Gasteiger partial charge in [-0.2, -0.15) is 0 Å². The van der Waals surface area contributed by atoms with Gasteiger partial charge in [-0.05, 0) is 61.8 Å². The Labute approximate surface area is 104 Å². The van der Waals surface area contributed by atoms with Gasteiger partial charge in [0, 0.05) is 6.42 Å². The first-order valence-corrected chi connectivity index (χ1v) is 6.45. The lowest BCUT2D eigenvalue weighted by Crippen LogP contribution is -2.09. The van der Waals surface area contributed by atoms with E-state index in [1.54, 1.807) is 0 Å². The molecule has 0 fully saturated rings. The van der Waals surface area contributed by atoms with E-state index in [9.17, 15) is 4.79 Å². The number of Topliss-reactive ketones (excluding diaryl/α,β-unsaturated/α-hetero) is 1. The van der Waals surface area contributed by atoms with Crippen LogP contribution in [0.4, 0.5) is 0 Å². The van der Waals surface area contributed by atoms with Gasteiger partial charge in [-0.1, -0.05) is 24.3 Å². The molecule has 0 aliphatic heterocycles. The average Bonchev–Trinajstić information content (AvgIpc) is 2.35. The highest BCUT2D eigenvalue weighted by atomic mass is 16.1. The quantitative estimate of drug-likeness (QED) is 0.766. The predicted octanol–water partition coefficient (Wildman–Crippen LogP) is 3.92. The molecule has 1 aliphatic carbocycles. The summed E-state index contributed by atoms with van der Waals surface area (Å²) in [6.07, 6.45) is 7.16. The molecule has 90 valence electrons. The van der Waals surface area contributed by atoms with Crippen LogP contribution in [0.1, 0.15) is 42.4 Å². The van der Waals surface area contributed by atoms with Crippen molar-refractivity contribution >= 4 is 5.78 Å². The van der Waals surface area contributed by atoms with Gasteiger partial charge in [-0.15, -0.1) is 0 Å². The number of ketones is 1. The topological polar surface area (TPSA) is 17.1 Å². The summed E-state index contributed by atoms with van der Waals surface area (Å²) in [5.74, 6) is 0.313. The van der Waals surface area contributed by atoms with E-state index in [1.165, 1.54) is 24.0 Å². The SMILES string of the molecule is Cc1ccc(CC(=O)C2=CCCCC2)cc1C. The first-order valence-electron chi connectivity index (χ1n) is 6.45. The monoisotopic (exact) mass is 228 g/mol. The molecule has 0 unspecified atom stereocenters. The Hall–Kier alpha value is -1.37. The van der Waals surface area contributed by atoms with Gasteiger partial charge in [0.05, 0.1) is 0 Å². The highest BCUT2D eigenvalue weighted by Gasteiger charge is 2.12. The van der Waals surface area contributed by atoms with Crippen LogP contribution in [0.3, 0.4) is 0 Å². The second kappa shape index (κ2) is 5.31. The average molecular weight is 228 g/mol. The summed E-state index contributed by atoms with van der Waals surface area (Å²) in [5, 5.41) is 0. The van der Waals surface area contributed by atoms with Crippen LogP contribution in [-0.4, -0.2) is 5.78 Å². The molecule has 1 aliphatic rings. The Bertz CT molecular complexity index is 455. The first-order chi connectivity index (χ1) is 8.16.